The van der Waals surface area contributed by atoms with Gasteiger partial charge >= 0.3 is 5.69 Å². The fourth-order valence-corrected chi connectivity index (χ4v) is 3.30. The van der Waals surface area contributed by atoms with Crippen molar-refractivity contribution in [2.75, 3.05) is 5.32 Å². The first-order chi connectivity index (χ1) is 11.0. The Balaban J connectivity index is 1.71. The number of aromatic amines is 1. The largest absolute Gasteiger partial charge is 0.344 e. The third-order valence-electron chi connectivity index (χ3n) is 3.69. The summed E-state index contributed by atoms with van der Waals surface area (Å²) < 4.78 is 1.64. The Morgan fingerprint density at radius 3 is 2.96 bits per heavy atom. The second-order valence-corrected chi connectivity index (χ2v) is 7.37. The van der Waals surface area contributed by atoms with E-state index in [4.69, 9.17) is 11.6 Å². The Hall–Kier alpha value is -1.73. The van der Waals surface area contributed by atoms with Gasteiger partial charge in [-0.25, -0.2) is 9.89 Å². The van der Waals surface area contributed by atoms with Gasteiger partial charge in [0.05, 0.1) is 5.25 Å². The zero-order valence-corrected chi connectivity index (χ0v) is 14.4. The van der Waals surface area contributed by atoms with E-state index in [1.807, 2.05) is 13.0 Å². The molecule has 8 heteroatoms. The molecule has 1 amide bonds. The normalized spacial score (nSPS) is 15.4. The molecule has 6 nitrogen and oxygen atoms in total. The van der Waals surface area contributed by atoms with Crippen LogP contribution in [-0.4, -0.2) is 25.9 Å². The summed E-state index contributed by atoms with van der Waals surface area (Å²) in [7, 11) is 0. The van der Waals surface area contributed by atoms with Crippen LogP contribution in [0.4, 0.5) is 5.69 Å². The number of halogens is 1. The van der Waals surface area contributed by atoms with Crippen molar-refractivity contribution in [3.63, 3.8) is 0 Å². The van der Waals surface area contributed by atoms with Crippen molar-refractivity contribution >= 4 is 35.0 Å². The molecule has 1 aliphatic rings. The maximum atomic E-state index is 12.4. The third-order valence-corrected chi connectivity index (χ3v) is 4.99. The number of aryl methyl sites for hydroxylation is 1. The van der Waals surface area contributed by atoms with Crippen molar-refractivity contribution in [1.29, 1.82) is 0 Å². The second-order valence-electron chi connectivity index (χ2n) is 5.62. The minimum absolute atomic E-state index is 0.154. The lowest BCUT2D eigenvalue weighted by molar-refractivity contribution is -0.115. The molecule has 0 radical (unpaired) electrons. The fourth-order valence-electron chi connectivity index (χ4n) is 2.20. The van der Waals surface area contributed by atoms with Crippen molar-refractivity contribution in [3.05, 3.63) is 39.3 Å². The van der Waals surface area contributed by atoms with Gasteiger partial charge in [-0.1, -0.05) is 29.4 Å². The number of aromatic nitrogens is 3. The average Bonchev–Trinajstić information content (AvgIpc) is 3.27. The number of H-pyrrole nitrogens is 1. The summed E-state index contributed by atoms with van der Waals surface area (Å²) in [5.41, 5.74) is 1.42. The molecule has 2 aromatic rings. The SMILES string of the molecule is Cc1ccc(Cl)cc1NC(=O)[C@@H](C)Sc1n[nH]c(=O)n1C1CC1. The van der Waals surface area contributed by atoms with Gasteiger partial charge in [-0.05, 0) is 44.4 Å². The number of hydrogen-bond donors (Lipinski definition) is 2. The zero-order chi connectivity index (χ0) is 16.6. The molecule has 122 valence electrons. The van der Waals surface area contributed by atoms with Gasteiger partial charge in [0.15, 0.2) is 5.16 Å². The number of benzene rings is 1. The van der Waals surface area contributed by atoms with E-state index in [2.05, 4.69) is 15.5 Å². The van der Waals surface area contributed by atoms with E-state index in [0.29, 0.717) is 15.9 Å². The lowest BCUT2D eigenvalue weighted by Gasteiger charge is -2.13. The molecule has 1 fully saturated rings. The Morgan fingerprint density at radius 2 is 2.26 bits per heavy atom. The molecule has 1 aromatic carbocycles. The van der Waals surface area contributed by atoms with Gasteiger partial charge in [-0.3, -0.25) is 9.36 Å². The van der Waals surface area contributed by atoms with E-state index in [1.165, 1.54) is 11.8 Å². The highest BCUT2D eigenvalue weighted by Crippen LogP contribution is 2.36. The molecule has 1 heterocycles. The lowest BCUT2D eigenvalue weighted by Crippen LogP contribution is -2.24. The van der Waals surface area contributed by atoms with Crippen LogP contribution in [0.25, 0.3) is 0 Å². The lowest BCUT2D eigenvalue weighted by atomic mass is 10.2. The summed E-state index contributed by atoms with van der Waals surface area (Å²) in [5, 5.41) is 10.1. The molecule has 3 rings (SSSR count). The molecule has 0 saturated heterocycles. The topological polar surface area (TPSA) is 79.8 Å². The maximum Gasteiger partial charge on any atom is 0.344 e. The van der Waals surface area contributed by atoms with Crippen molar-refractivity contribution in [2.24, 2.45) is 0 Å². The molecule has 1 atom stereocenters. The van der Waals surface area contributed by atoms with Crippen LogP contribution in [0.15, 0.2) is 28.2 Å². The number of anilines is 1. The Labute approximate surface area is 142 Å². The summed E-state index contributed by atoms with van der Waals surface area (Å²) >= 11 is 7.24. The zero-order valence-electron chi connectivity index (χ0n) is 12.8. The van der Waals surface area contributed by atoms with Crippen LogP contribution in [-0.2, 0) is 4.79 Å². The molecule has 1 saturated carbocycles. The minimum Gasteiger partial charge on any atom is -0.325 e. The number of amides is 1. The van der Waals surface area contributed by atoms with E-state index in [9.17, 15) is 9.59 Å². The second kappa shape index (κ2) is 6.41. The predicted molar refractivity (Wildman–Crippen MR) is 91.3 cm³/mol. The van der Waals surface area contributed by atoms with Gasteiger partial charge < -0.3 is 5.32 Å². The smallest absolute Gasteiger partial charge is 0.325 e. The average molecular weight is 353 g/mol. The standard InChI is InChI=1S/C15H17ClN4O2S/c1-8-3-4-10(16)7-12(8)17-13(21)9(2)23-15-19-18-14(22)20(15)11-5-6-11/h3-4,7,9,11H,5-6H2,1-2H3,(H,17,21)(H,18,22)/t9-/m1/s1. The Morgan fingerprint density at radius 1 is 1.52 bits per heavy atom. The van der Waals surface area contributed by atoms with E-state index in [0.717, 1.165) is 18.4 Å². The number of carbonyl (C=O) groups excluding carboxylic acids is 1. The first kappa shape index (κ1) is 16.1. The van der Waals surface area contributed by atoms with Gasteiger partial charge in [0.1, 0.15) is 0 Å². The Kier molecular flexibility index (Phi) is 4.50. The van der Waals surface area contributed by atoms with Crippen LogP contribution in [0.2, 0.25) is 5.02 Å². The Bertz CT molecular complexity index is 797. The summed E-state index contributed by atoms with van der Waals surface area (Å²) in [4.78, 5) is 24.1. The number of hydrogen-bond acceptors (Lipinski definition) is 4. The van der Waals surface area contributed by atoms with E-state index in [-0.39, 0.29) is 22.9 Å². The first-order valence-electron chi connectivity index (χ1n) is 7.36. The molecule has 0 spiro atoms. The highest BCUT2D eigenvalue weighted by molar-refractivity contribution is 8.00. The predicted octanol–water partition coefficient (Wildman–Crippen LogP) is 2.99. The number of thioether (sulfide) groups is 1. The van der Waals surface area contributed by atoms with Crippen molar-refractivity contribution in [3.8, 4) is 0 Å². The summed E-state index contributed by atoms with van der Waals surface area (Å²) in [5.74, 6) is -0.154. The summed E-state index contributed by atoms with van der Waals surface area (Å²) in [6, 6.07) is 5.58. The molecular formula is C15H17ClN4O2S. The quantitative estimate of drug-likeness (QED) is 0.811. The molecule has 1 aliphatic carbocycles. The van der Waals surface area contributed by atoms with Gasteiger partial charge in [0.2, 0.25) is 5.91 Å². The molecular weight excluding hydrogens is 336 g/mol. The molecule has 0 unspecified atom stereocenters. The highest BCUT2D eigenvalue weighted by Gasteiger charge is 2.30. The van der Waals surface area contributed by atoms with Crippen molar-refractivity contribution in [2.45, 2.75) is 43.1 Å². The van der Waals surface area contributed by atoms with Gasteiger partial charge in [0, 0.05) is 16.8 Å². The molecule has 1 aromatic heterocycles. The maximum absolute atomic E-state index is 12.4. The van der Waals surface area contributed by atoms with Gasteiger partial charge in [0.25, 0.3) is 0 Å². The van der Waals surface area contributed by atoms with Crippen LogP contribution in [0.1, 0.15) is 31.4 Å². The van der Waals surface area contributed by atoms with Crippen LogP contribution < -0.4 is 11.0 Å². The number of carbonyl (C=O) groups is 1. The fraction of sp³-hybridized carbons (Fsp3) is 0.400. The van der Waals surface area contributed by atoms with Gasteiger partial charge in [-0.2, -0.15) is 0 Å². The van der Waals surface area contributed by atoms with Crippen LogP contribution >= 0.6 is 23.4 Å². The van der Waals surface area contributed by atoms with Crippen molar-refractivity contribution < 1.29 is 4.79 Å². The van der Waals surface area contributed by atoms with E-state index in [1.54, 1.807) is 23.6 Å². The number of nitrogens with one attached hydrogen (secondary N) is 2. The first-order valence-corrected chi connectivity index (χ1v) is 8.62. The molecule has 0 aliphatic heterocycles. The molecule has 2 N–H and O–H groups in total. The van der Waals surface area contributed by atoms with E-state index < -0.39 is 0 Å². The van der Waals surface area contributed by atoms with Crippen LogP contribution in [0.5, 0.6) is 0 Å². The minimum atomic E-state index is -0.388. The summed E-state index contributed by atoms with van der Waals surface area (Å²) in [6.07, 6.45) is 1.96. The number of nitrogens with zero attached hydrogens (tertiary/aromatic N) is 2. The monoisotopic (exact) mass is 352 g/mol. The van der Waals surface area contributed by atoms with Gasteiger partial charge in [-0.15, -0.1) is 5.10 Å². The van der Waals surface area contributed by atoms with Crippen molar-refractivity contribution in [1.82, 2.24) is 14.8 Å². The van der Waals surface area contributed by atoms with Crippen LogP contribution in [0, 0.1) is 6.92 Å². The summed E-state index contributed by atoms with van der Waals surface area (Å²) in [6.45, 7) is 3.69. The van der Waals surface area contributed by atoms with E-state index >= 15 is 0 Å². The third kappa shape index (κ3) is 3.61. The molecule has 0 bridgehead atoms. The molecule has 23 heavy (non-hydrogen) atoms. The highest BCUT2D eigenvalue weighted by atomic mass is 35.5. The number of rotatable bonds is 5. The van der Waals surface area contributed by atoms with Crippen LogP contribution in [0.3, 0.4) is 0 Å².